The minimum absolute atomic E-state index is 0.103. The Morgan fingerprint density at radius 3 is 2.41 bits per heavy atom. The van der Waals surface area contributed by atoms with E-state index in [-0.39, 0.29) is 33.9 Å². The van der Waals surface area contributed by atoms with Crippen LogP contribution in [0.25, 0.3) is 22.3 Å². The molecule has 0 aliphatic heterocycles. The van der Waals surface area contributed by atoms with Crippen molar-refractivity contribution in [2.24, 2.45) is 5.10 Å². The number of aryl methyl sites for hydroxylation is 1. The van der Waals surface area contributed by atoms with E-state index in [0.717, 1.165) is 22.4 Å². The van der Waals surface area contributed by atoms with E-state index in [4.69, 9.17) is 37.7 Å². The van der Waals surface area contributed by atoms with E-state index in [1.807, 2.05) is 32.0 Å². The lowest BCUT2D eigenvalue weighted by atomic mass is 9.96. The molecule has 1 aromatic heterocycles. The first-order chi connectivity index (χ1) is 22.0. The Kier molecular flexibility index (Phi) is 10.0. The van der Waals surface area contributed by atoms with Crippen LogP contribution < -0.4 is 20.3 Å². The lowest BCUT2D eigenvalue weighted by Crippen LogP contribution is -2.21. The number of hydrogen-bond donors (Lipinski definition) is 1. The second kappa shape index (κ2) is 14.1. The molecule has 0 aliphatic rings. The number of benzene rings is 4. The Hall–Kier alpha value is -4.73. The molecule has 5 rings (SSSR count). The number of carbonyl (C=O) groups excluding carboxylic acids is 1. The van der Waals surface area contributed by atoms with Crippen molar-refractivity contribution in [1.29, 1.82) is 0 Å². The van der Waals surface area contributed by atoms with Crippen molar-refractivity contribution in [1.82, 2.24) is 9.66 Å². The van der Waals surface area contributed by atoms with Crippen LogP contribution in [0.3, 0.4) is 0 Å². The van der Waals surface area contributed by atoms with Gasteiger partial charge >= 0.3 is 0 Å². The van der Waals surface area contributed by atoms with Gasteiger partial charge in [0, 0.05) is 11.3 Å². The summed E-state index contributed by atoms with van der Waals surface area (Å²) in [6.45, 7) is 8.18. The fraction of sp³-hybridized carbons (Fsp3) is 0.200. The summed E-state index contributed by atoms with van der Waals surface area (Å²) in [6, 6.07) is 19.5. The summed E-state index contributed by atoms with van der Waals surface area (Å²) < 4.78 is 25.9. The highest BCUT2D eigenvalue weighted by Gasteiger charge is 2.19. The molecule has 0 spiro atoms. The monoisotopic (exact) mass is 660 g/mol. The minimum atomic E-state index is -0.481. The molecule has 0 unspecified atom stereocenters. The second-order valence-corrected chi connectivity index (χ2v) is 11.6. The van der Waals surface area contributed by atoms with Crippen LogP contribution in [-0.2, 0) is 4.79 Å². The predicted molar refractivity (Wildman–Crippen MR) is 181 cm³/mol. The van der Waals surface area contributed by atoms with Crippen molar-refractivity contribution >= 4 is 51.9 Å². The molecular weight excluding hydrogens is 630 g/mol. The molecule has 0 aliphatic carbocycles. The molecule has 11 heteroatoms. The number of halogens is 3. The zero-order chi connectivity index (χ0) is 33.0. The zero-order valence-corrected chi connectivity index (χ0v) is 27.1. The van der Waals surface area contributed by atoms with Crippen LogP contribution in [0.1, 0.15) is 43.4 Å². The summed E-state index contributed by atoms with van der Waals surface area (Å²) in [7, 11) is 0. The molecule has 0 atom stereocenters. The van der Waals surface area contributed by atoms with Gasteiger partial charge < -0.3 is 14.8 Å². The van der Waals surface area contributed by atoms with E-state index in [1.54, 1.807) is 30.3 Å². The number of carbonyl (C=O) groups is 1. The van der Waals surface area contributed by atoms with E-state index >= 15 is 0 Å². The molecule has 0 saturated carbocycles. The van der Waals surface area contributed by atoms with Gasteiger partial charge in [-0.15, -0.1) is 0 Å². The average Bonchev–Trinajstić information content (AvgIpc) is 3.01. The van der Waals surface area contributed by atoms with Crippen LogP contribution in [0.4, 0.5) is 10.1 Å². The highest BCUT2D eigenvalue weighted by Crippen LogP contribution is 2.35. The number of amides is 1. The Morgan fingerprint density at radius 1 is 1.04 bits per heavy atom. The summed E-state index contributed by atoms with van der Waals surface area (Å²) in [5.41, 5.74) is 3.69. The fourth-order valence-electron chi connectivity index (χ4n) is 4.86. The Labute approximate surface area is 275 Å². The Morgan fingerprint density at radius 2 is 1.74 bits per heavy atom. The van der Waals surface area contributed by atoms with Gasteiger partial charge in [-0.25, -0.2) is 9.37 Å². The number of nitrogens with one attached hydrogen (secondary N) is 1. The normalized spacial score (nSPS) is 11.4. The molecule has 46 heavy (non-hydrogen) atoms. The average molecular weight is 662 g/mol. The van der Waals surface area contributed by atoms with Gasteiger partial charge in [-0.3, -0.25) is 9.59 Å². The van der Waals surface area contributed by atoms with Gasteiger partial charge in [0.2, 0.25) is 0 Å². The van der Waals surface area contributed by atoms with E-state index in [2.05, 4.69) is 24.3 Å². The second-order valence-electron chi connectivity index (χ2n) is 10.8. The van der Waals surface area contributed by atoms with Crippen molar-refractivity contribution < 1.29 is 18.7 Å². The van der Waals surface area contributed by atoms with Crippen LogP contribution in [0.15, 0.2) is 82.7 Å². The van der Waals surface area contributed by atoms with Crippen LogP contribution in [0.2, 0.25) is 10.0 Å². The van der Waals surface area contributed by atoms with Crippen molar-refractivity contribution in [2.75, 3.05) is 18.5 Å². The van der Waals surface area contributed by atoms with Crippen LogP contribution >= 0.6 is 23.2 Å². The lowest BCUT2D eigenvalue weighted by molar-refractivity contribution is -0.118. The highest BCUT2D eigenvalue weighted by molar-refractivity contribution is 6.37. The van der Waals surface area contributed by atoms with Crippen molar-refractivity contribution in [3.05, 3.63) is 116 Å². The topological polar surface area (TPSA) is 94.8 Å². The number of aromatic nitrogens is 2. The zero-order valence-electron chi connectivity index (χ0n) is 25.6. The molecule has 0 radical (unpaired) electrons. The number of rotatable bonds is 10. The number of para-hydroxylation sites is 1. The minimum Gasteiger partial charge on any atom is -0.494 e. The maximum atomic E-state index is 13.8. The van der Waals surface area contributed by atoms with Crippen molar-refractivity contribution in [3.8, 4) is 22.9 Å². The predicted octanol–water partition coefficient (Wildman–Crippen LogP) is 8.24. The van der Waals surface area contributed by atoms with Gasteiger partial charge in [0.25, 0.3) is 11.5 Å². The maximum absolute atomic E-state index is 13.8. The van der Waals surface area contributed by atoms with Crippen molar-refractivity contribution in [3.63, 3.8) is 0 Å². The molecule has 1 heterocycles. The third-order valence-corrected chi connectivity index (χ3v) is 7.65. The molecule has 0 bridgehead atoms. The van der Waals surface area contributed by atoms with Crippen LogP contribution in [0, 0.1) is 12.7 Å². The molecule has 1 amide bonds. The first-order valence-corrected chi connectivity index (χ1v) is 15.3. The molecule has 0 saturated heterocycles. The smallest absolute Gasteiger partial charge is 0.282 e. The first-order valence-electron chi connectivity index (χ1n) is 14.6. The first kappa shape index (κ1) is 32.7. The quantitative estimate of drug-likeness (QED) is 0.152. The van der Waals surface area contributed by atoms with Gasteiger partial charge in [-0.1, -0.05) is 49.2 Å². The van der Waals surface area contributed by atoms with E-state index in [1.165, 1.54) is 35.2 Å². The van der Waals surface area contributed by atoms with Gasteiger partial charge in [-0.2, -0.15) is 9.78 Å². The van der Waals surface area contributed by atoms with E-state index in [9.17, 15) is 14.0 Å². The maximum Gasteiger partial charge on any atom is 0.282 e. The highest BCUT2D eigenvalue weighted by atomic mass is 35.5. The summed E-state index contributed by atoms with van der Waals surface area (Å²) in [4.78, 5) is 31.0. The fourth-order valence-corrected chi connectivity index (χ4v) is 5.47. The third kappa shape index (κ3) is 7.22. The molecule has 0 fully saturated rings. The summed E-state index contributed by atoms with van der Waals surface area (Å²) in [5.74, 6) is 0.518. The van der Waals surface area contributed by atoms with Crippen LogP contribution in [0.5, 0.6) is 11.5 Å². The van der Waals surface area contributed by atoms with E-state index < -0.39 is 11.7 Å². The summed E-state index contributed by atoms with van der Waals surface area (Å²) >= 11 is 13.0. The molecule has 1 N–H and O–H groups in total. The SMILES string of the molecule is CCOc1cc(C)c(-c2nc3ccccc3c(=O)n2N=Cc2cc(Cl)c(OCC(=O)Nc3ccc(F)cc3)c(Cl)c2)cc1C(C)C. The standard InChI is InChI=1S/C35H31Cl2FN4O4/c1-5-45-31-14-21(4)27(17-26(31)20(2)3)34-41-30-9-7-6-8-25(30)35(44)42(34)39-18-22-15-28(36)33(29(37)16-22)46-19-32(43)40-24-12-10-23(38)11-13-24/h6-18,20H,5,19H2,1-4H3,(H,40,43). The number of hydrogen-bond acceptors (Lipinski definition) is 6. The van der Waals surface area contributed by atoms with Gasteiger partial charge in [0.1, 0.15) is 11.6 Å². The largest absolute Gasteiger partial charge is 0.494 e. The molecule has 236 valence electrons. The van der Waals surface area contributed by atoms with Crippen molar-refractivity contribution in [2.45, 2.75) is 33.6 Å². The number of nitrogens with zero attached hydrogens (tertiary/aromatic N) is 3. The number of anilines is 1. The molecule has 8 nitrogen and oxygen atoms in total. The third-order valence-electron chi connectivity index (χ3n) is 7.09. The number of ether oxygens (including phenoxy) is 2. The Bertz CT molecular complexity index is 1990. The lowest BCUT2D eigenvalue weighted by Gasteiger charge is -2.18. The van der Waals surface area contributed by atoms with Gasteiger partial charge in [0.15, 0.2) is 18.2 Å². The molecule has 5 aromatic rings. The van der Waals surface area contributed by atoms with E-state index in [0.29, 0.717) is 34.6 Å². The summed E-state index contributed by atoms with van der Waals surface area (Å²) in [5, 5.41) is 7.84. The van der Waals surface area contributed by atoms with Gasteiger partial charge in [-0.05, 0) is 97.1 Å². The Balaban J connectivity index is 1.48. The molecule has 4 aromatic carbocycles. The van der Waals surface area contributed by atoms with Crippen LogP contribution in [-0.4, -0.2) is 35.0 Å². The number of fused-ring (bicyclic) bond motifs is 1. The van der Waals surface area contributed by atoms with Gasteiger partial charge in [0.05, 0.1) is 33.8 Å². The molecular formula is C35H31Cl2FN4O4. The summed E-state index contributed by atoms with van der Waals surface area (Å²) in [6.07, 6.45) is 1.46.